The third-order valence-electron chi connectivity index (χ3n) is 2.73. The SMILES string of the molecule is O=Cc1cccc(C(=O)c2ccc(F)cc2)c1[N+](=O)[O-]. The van der Waals surface area contributed by atoms with Crippen molar-refractivity contribution in [2.75, 3.05) is 0 Å². The van der Waals surface area contributed by atoms with Gasteiger partial charge in [-0.05, 0) is 36.4 Å². The Kier molecular flexibility index (Phi) is 3.65. The third-order valence-corrected chi connectivity index (χ3v) is 2.73. The van der Waals surface area contributed by atoms with E-state index in [-0.39, 0.29) is 16.7 Å². The van der Waals surface area contributed by atoms with Crippen LogP contribution in [0.15, 0.2) is 42.5 Å². The summed E-state index contributed by atoms with van der Waals surface area (Å²) in [4.78, 5) is 33.3. The van der Waals surface area contributed by atoms with Crippen molar-refractivity contribution in [3.8, 4) is 0 Å². The molecule has 2 rings (SSSR count). The Labute approximate surface area is 112 Å². The van der Waals surface area contributed by atoms with Crippen molar-refractivity contribution in [2.45, 2.75) is 0 Å². The van der Waals surface area contributed by atoms with E-state index < -0.39 is 22.2 Å². The van der Waals surface area contributed by atoms with Crippen molar-refractivity contribution < 1.29 is 18.9 Å². The molecular weight excluding hydrogens is 265 g/mol. The summed E-state index contributed by atoms with van der Waals surface area (Å²) in [5, 5.41) is 11.0. The van der Waals surface area contributed by atoms with Gasteiger partial charge in [0.15, 0.2) is 12.1 Å². The standard InChI is InChI=1S/C14H8FNO4/c15-11-6-4-9(5-7-11)14(18)12-3-1-2-10(8-17)13(12)16(19)20/h1-8H. The maximum atomic E-state index is 12.8. The summed E-state index contributed by atoms with van der Waals surface area (Å²) >= 11 is 0. The van der Waals surface area contributed by atoms with Gasteiger partial charge in [-0.1, -0.05) is 6.07 Å². The van der Waals surface area contributed by atoms with Crippen molar-refractivity contribution in [3.63, 3.8) is 0 Å². The lowest BCUT2D eigenvalue weighted by Gasteiger charge is -2.04. The smallest absolute Gasteiger partial charge is 0.291 e. The summed E-state index contributed by atoms with van der Waals surface area (Å²) in [6.07, 6.45) is 0.319. The molecular formula is C14H8FNO4. The van der Waals surface area contributed by atoms with Gasteiger partial charge in [-0.15, -0.1) is 0 Å². The average molecular weight is 273 g/mol. The maximum Gasteiger partial charge on any atom is 0.291 e. The number of rotatable bonds is 4. The Hall–Kier alpha value is -2.89. The highest BCUT2D eigenvalue weighted by atomic mass is 19.1. The van der Waals surface area contributed by atoms with E-state index in [0.29, 0.717) is 6.29 Å². The molecule has 0 fully saturated rings. The van der Waals surface area contributed by atoms with Crippen LogP contribution in [0.5, 0.6) is 0 Å². The van der Waals surface area contributed by atoms with E-state index in [1.165, 1.54) is 30.3 Å². The topological polar surface area (TPSA) is 77.3 Å². The largest absolute Gasteiger partial charge is 0.298 e. The number of halogens is 1. The number of carbonyl (C=O) groups is 2. The van der Waals surface area contributed by atoms with Crippen LogP contribution in [0, 0.1) is 15.9 Å². The number of para-hydroxylation sites is 1. The van der Waals surface area contributed by atoms with Crippen LogP contribution in [-0.4, -0.2) is 17.0 Å². The molecule has 0 radical (unpaired) electrons. The molecule has 0 N–H and O–H groups in total. The number of carbonyl (C=O) groups excluding carboxylic acids is 2. The van der Waals surface area contributed by atoms with Gasteiger partial charge in [0.25, 0.3) is 5.69 Å². The second kappa shape index (κ2) is 5.40. The molecule has 0 saturated carbocycles. The van der Waals surface area contributed by atoms with Crippen LogP contribution in [-0.2, 0) is 0 Å². The summed E-state index contributed by atoms with van der Waals surface area (Å²) in [6, 6.07) is 8.53. The van der Waals surface area contributed by atoms with Gasteiger partial charge < -0.3 is 0 Å². The van der Waals surface area contributed by atoms with E-state index >= 15 is 0 Å². The Morgan fingerprint density at radius 1 is 1.15 bits per heavy atom. The van der Waals surface area contributed by atoms with Crippen molar-refractivity contribution in [2.24, 2.45) is 0 Å². The van der Waals surface area contributed by atoms with Gasteiger partial charge >= 0.3 is 0 Å². The van der Waals surface area contributed by atoms with Crippen LogP contribution in [0.3, 0.4) is 0 Å². The quantitative estimate of drug-likeness (QED) is 0.371. The number of ketones is 1. The minimum absolute atomic E-state index is 0.109. The van der Waals surface area contributed by atoms with Gasteiger partial charge in [0, 0.05) is 5.56 Å². The van der Waals surface area contributed by atoms with E-state index in [1.54, 1.807) is 0 Å². The number of hydrogen-bond donors (Lipinski definition) is 0. The number of benzene rings is 2. The Balaban J connectivity index is 2.57. The van der Waals surface area contributed by atoms with E-state index in [9.17, 15) is 24.1 Å². The van der Waals surface area contributed by atoms with Gasteiger partial charge in [-0.25, -0.2) is 4.39 Å². The maximum absolute atomic E-state index is 12.8. The molecule has 0 bridgehead atoms. The fourth-order valence-corrected chi connectivity index (χ4v) is 1.80. The Morgan fingerprint density at radius 2 is 1.80 bits per heavy atom. The molecule has 100 valence electrons. The van der Waals surface area contributed by atoms with Crippen molar-refractivity contribution in [1.82, 2.24) is 0 Å². The molecule has 5 nitrogen and oxygen atoms in total. The first-order chi connectivity index (χ1) is 9.54. The Morgan fingerprint density at radius 3 is 2.35 bits per heavy atom. The minimum atomic E-state index is -0.777. The highest BCUT2D eigenvalue weighted by molar-refractivity contribution is 6.12. The zero-order valence-corrected chi connectivity index (χ0v) is 10.1. The van der Waals surface area contributed by atoms with Crippen molar-refractivity contribution in [3.05, 3.63) is 75.1 Å². The molecule has 0 atom stereocenters. The van der Waals surface area contributed by atoms with E-state index in [0.717, 1.165) is 12.1 Å². The van der Waals surface area contributed by atoms with Gasteiger partial charge in [-0.2, -0.15) is 0 Å². The molecule has 6 heteroatoms. The lowest BCUT2D eigenvalue weighted by molar-refractivity contribution is -0.385. The summed E-state index contributed by atoms with van der Waals surface area (Å²) in [5.41, 5.74) is -0.816. The fraction of sp³-hybridized carbons (Fsp3) is 0. The zero-order valence-electron chi connectivity index (χ0n) is 10.1. The molecule has 0 aliphatic heterocycles. The van der Waals surface area contributed by atoms with Crippen LogP contribution in [0.1, 0.15) is 26.3 Å². The molecule has 2 aromatic carbocycles. The first-order valence-corrected chi connectivity index (χ1v) is 5.57. The number of hydrogen-bond acceptors (Lipinski definition) is 4. The Bertz CT molecular complexity index is 695. The molecule has 0 saturated heterocycles. The lowest BCUT2D eigenvalue weighted by Crippen LogP contribution is -2.07. The monoisotopic (exact) mass is 273 g/mol. The summed E-state index contributed by atoms with van der Waals surface area (Å²) in [5.74, 6) is -1.15. The van der Waals surface area contributed by atoms with E-state index in [1.807, 2.05) is 0 Å². The summed E-state index contributed by atoms with van der Waals surface area (Å²) in [6.45, 7) is 0. The fourth-order valence-electron chi connectivity index (χ4n) is 1.80. The molecule has 0 aliphatic rings. The highest BCUT2D eigenvalue weighted by Gasteiger charge is 2.24. The molecule has 0 aromatic heterocycles. The highest BCUT2D eigenvalue weighted by Crippen LogP contribution is 2.25. The molecule has 0 unspecified atom stereocenters. The van der Waals surface area contributed by atoms with Crippen LogP contribution in [0.4, 0.5) is 10.1 Å². The predicted molar refractivity (Wildman–Crippen MR) is 68.3 cm³/mol. The number of nitro groups is 1. The zero-order chi connectivity index (χ0) is 14.7. The number of nitrogens with zero attached hydrogens (tertiary/aromatic N) is 1. The normalized spacial score (nSPS) is 10.1. The van der Waals surface area contributed by atoms with Crippen LogP contribution in [0.25, 0.3) is 0 Å². The van der Waals surface area contributed by atoms with Crippen LogP contribution in [0.2, 0.25) is 0 Å². The molecule has 0 aliphatic carbocycles. The number of nitro benzene ring substituents is 1. The molecule has 0 spiro atoms. The molecule has 2 aromatic rings. The molecule has 0 amide bonds. The third kappa shape index (κ3) is 2.44. The van der Waals surface area contributed by atoms with E-state index in [2.05, 4.69) is 0 Å². The summed E-state index contributed by atoms with van der Waals surface area (Å²) in [7, 11) is 0. The van der Waals surface area contributed by atoms with Gasteiger partial charge in [0.1, 0.15) is 11.4 Å². The number of aldehydes is 1. The first kappa shape index (κ1) is 13.5. The van der Waals surface area contributed by atoms with Crippen LogP contribution >= 0.6 is 0 Å². The predicted octanol–water partition coefficient (Wildman–Crippen LogP) is 2.78. The first-order valence-electron chi connectivity index (χ1n) is 5.57. The molecule has 0 heterocycles. The second-order valence-corrected chi connectivity index (χ2v) is 3.95. The summed E-state index contributed by atoms with van der Waals surface area (Å²) < 4.78 is 12.8. The lowest BCUT2D eigenvalue weighted by atomic mass is 9.99. The second-order valence-electron chi connectivity index (χ2n) is 3.95. The van der Waals surface area contributed by atoms with Gasteiger partial charge in [0.2, 0.25) is 0 Å². The van der Waals surface area contributed by atoms with Gasteiger partial charge in [-0.3, -0.25) is 19.7 Å². The van der Waals surface area contributed by atoms with Crippen LogP contribution < -0.4 is 0 Å². The van der Waals surface area contributed by atoms with Crippen molar-refractivity contribution in [1.29, 1.82) is 0 Å². The average Bonchev–Trinajstić information content (AvgIpc) is 2.46. The van der Waals surface area contributed by atoms with E-state index in [4.69, 9.17) is 0 Å². The minimum Gasteiger partial charge on any atom is -0.298 e. The van der Waals surface area contributed by atoms with Gasteiger partial charge in [0.05, 0.1) is 10.5 Å². The molecule has 20 heavy (non-hydrogen) atoms. The van der Waals surface area contributed by atoms with Crippen molar-refractivity contribution >= 4 is 17.8 Å².